The van der Waals surface area contributed by atoms with Crippen LogP contribution in [0.25, 0.3) is 0 Å². The standard InChI is InChI=1S/C15H20FNO/c1-15(2,11-7-9-12(16)10-8-11)14(18)17-13-5-3-4-6-13/h7-10,13H,3-6H2,1-2H3,(H,17,18). The van der Waals surface area contributed by atoms with Gasteiger partial charge in [-0.1, -0.05) is 25.0 Å². The molecule has 0 spiro atoms. The first-order chi connectivity index (χ1) is 8.50. The molecule has 1 amide bonds. The van der Waals surface area contributed by atoms with Gasteiger partial charge >= 0.3 is 0 Å². The van der Waals surface area contributed by atoms with Gasteiger partial charge < -0.3 is 5.32 Å². The Labute approximate surface area is 108 Å². The second-order valence-electron chi connectivity index (χ2n) is 5.59. The molecule has 0 aromatic heterocycles. The van der Waals surface area contributed by atoms with Crippen LogP contribution in [-0.4, -0.2) is 11.9 Å². The van der Waals surface area contributed by atoms with Crippen LogP contribution in [0.3, 0.4) is 0 Å². The molecule has 1 aliphatic carbocycles. The summed E-state index contributed by atoms with van der Waals surface area (Å²) in [6.07, 6.45) is 4.54. The topological polar surface area (TPSA) is 29.1 Å². The molecule has 0 unspecified atom stereocenters. The Kier molecular flexibility index (Phi) is 3.69. The largest absolute Gasteiger partial charge is 0.353 e. The highest BCUT2D eigenvalue weighted by Gasteiger charge is 2.31. The number of nitrogens with one attached hydrogen (secondary N) is 1. The van der Waals surface area contributed by atoms with Gasteiger partial charge in [-0.25, -0.2) is 4.39 Å². The molecule has 0 atom stereocenters. The first-order valence-electron chi connectivity index (χ1n) is 6.57. The maximum absolute atomic E-state index is 12.9. The third kappa shape index (κ3) is 2.71. The van der Waals surface area contributed by atoms with E-state index in [1.54, 1.807) is 12.1 Å². The van der Waals surface area contributed by atoms with Crippen molar-refractivity contribution in [3.05, 3.63) is 35.6 Å². The monoisotopic (exact) mass is 249 g/mol. The van der Waals surface area contributed by atoms with E-state index in [-0.39, 0.29) is 11.7 Å². The lowest BCUT2D eigenvalue weighted by Gasteiger charge is -2.26. The molecule has 3 heteroatoms. The van der Waals surface area contributed by atoms with E-state index in [2.05, 4.69) is 5.32 Å². The molecule has 1 N–H and O–H groups in total. The van der Waals surface area contributed by atoms with Crippen molar-refractivity contribution in [1.29, 1.82) is 0 Å². The third-order valence-electron chi connectivity index (χ3n) is 3.82. The van der Waals surface area contributed by atoms with E-state index in [4.69, 9.17) is 0 Å². The molecule has 0 aliphatic heterocycles. The zero-order valence-electron chi connectivity index (χ0n) is 11.0. The van der Waals surface area contributed by atoms with E-state index >= 15 is 0 Å². The molecule has 1 aliphatic rings. The normalized spacial score (nSPS) is 16.8. The van der Waals surface area contributed by atoms with Gasteiger partial charge in [-0.05, 0) is 44.4 Å². The fourth-order valence-corrected chi connectivity index (χ4v) is 2.43. The predicted octanol–water partition coefficient (Wildman–Crippen LogP) is 3.16. The molecule has 0 radical (unpaired) electrons. The van der Waals surface area contributed by atoms with Crippen molar-refractivity contribution >= 4 is 5.91 Å². The van der Waals surface area contributed by atoms with Gasteiger partial charge in [-0.15, -0.1) is 0 Å². The van der Waals surface area contributed by atoms with Crippen LogP contribution in [0.5, 0.6) is 0 Å². The average molecular weight is 249 g/mol. The van der Waals surface area contributed by atoms with Crippen molar-refractivity contribution in [1.82, 2.24) is 5.32 Å². The lowest BCUT2D eigenvalue weighted by Crippen LogP contribution is -2.44. The third-order valence-corrected chi connectivity index (χ3v) is 3.82. The Balaban J connectivity index is 2.08. The van der Waals surface area contributed by atoms with E-state index < -0.39 is 5.41 Å². The van der Waals surface area contributed by atoms with E-state index in [0.29, 0.717) is 6.04 Å². The highest BCUT2D eigenvalue weighted by molar-refractivity contribution is 5.87. The Morgan fingerprint density at radius 1 is 1.22 bits per heavy atom. The lowest BCUT2D eigenvalue weighted by molar-refractivity contribution is -0.126. The van der Waals surface area contributed by atoms with Gasteiger partial charge in [0.2, 0.25) is 5.91 Å². The SMILES string of the molecule is CC(C)(C(=O)NC1CCCC1)c1ccc(F)cc1. The molecule has 1 aromatic carbocycles. The van der Waals surface area contributed by atoms with Crippen molar-refractivity contribution in [2.24, 2.45) is 0 Å². The van der Waals surface area contributed by atoms with Crippen molar-refractivity contribution in [2.45, 2.75) is 51.0 Å². The summed E-state index contributed by atoms with van der Waals surface area (Å²) in [5.74, 6) is -0.244. The molecular formula is C15H20FNO. The smallest absolute Gasteiger partial charge is 0.230 e. The molecule has 2 nitrogen and oxygen atoms in total. The fraction of sp³-hybridized carbons (Fsp3) is 0.533. The maximum atomic E-state index is 12.9. The molecular weight excluding hydrogens is 229 g/mol. The number of hydrogen-bond acceptors (Lipinski definition) is 1. The highest BCUT2D eigenvalue weighted by atomic mass is 19.1. The van der Waals surface area contributed by atoms with Crippen LogP contribution in [-0.2, 0) is 10.2 Å². The number of rotatable bonds is 3. The van der Waals surface area contributed by atoms with E-state index in [1.165, 1.54) is 25.0 Å². The number of halogens is 1. The van der Waals surface area contributed by atoms with Crippen molar-refractivity contribution in [2.75, 3.05) is 0 Å². The second kappa shape index (κ2) is 5.09. The second-order valence-corrected chi connectivity index (χ2v) is 5.59. The summed E-state index contributed by atoms with van der Waals surface area (Å²) in [4.78, 5) is 12.3. The van der Waals surface area contributed by atoms with Crippen LogP contribution in [0.2, 0.25) is 0 Å². The predicted molar refractivity (Wildman–Crippen MR) is 69.8 cm³/mol. The number of hydrogen-bond donors (Lipinski definition) is 1. The van der Waals surface area contributed by atoms with Gasteiger partial charge in [0, 0.05) is 6.04 Å². The molecule has 1 saturated carbocycles. The first-order valence-corrected chi connectivity index (χ1v) is 6.57. The molecule has 2 rings (SSSR count). The summed E-state index contributed by atoms with van der Waals surface area (Å²) in [6.45, 7) is 3.76. The van der Waals surface area contributed by atoms with Gasteiger partial charge in [0.25, 0.3) is 0 Å². The number of carbonyl (C=O) groups is 1. The molecule has 1 aromatic rings. The minimum atomic E-state index is -0.615. The van der Waals surface area contributed by atoms with Gasteiger partial charge in [0.15, 0.2) is 0 Å². The molecule has 1 fully saturated rings. The van der Waals surface area contributed by atoms with Crippen LogP contribution >= 0.6 is 0 Å². The lowest BCUT2D eigenvalue weighted by atomic mass is 9.83. The number of carbonyl (C=O) groups excluding carboxylic acids is 1. The van der Waals surface area contributed by atoms with Gasteiger partial charge in [-0.2, -0.15) is 0 Å². The summed E-state index contributed by atoms with van der Waals surface area (Å²) < 4.78 is 12.9. The Hall–Kier alpha value is -1.38. The summed E-state index contributed by atoms with van der Waals surface area (Å²) in [5, 5.41) is 3.10. The van der Waals surface area contributed by atoms with Crippen LogP contribution in [0.1, 0.15) is 45.1 Å². The molecule has 18 heavy (non-hydrogen) atoms. The van der Waals surface area contributed by atoms with Crippen LogP contribution < -0.4 is 5.32 Å². The molecule has 0 heterocycles. The van der Waals surface area contributed by atoms with Gasteiger partial charge in [0.05, 0.1) is 5.41 Å². The number of amides is 1. The maximum Gasteiger partial charge on any atom is 0.230 e. The molecule has 0 bridgehead atoms. The molecule has 98 valence electrons. The van der Waals surface area contributed by atoms with E-state index in [1.807, 2.05) is 13.8 Å². The zero-order chi connectivity index (χ0) is 13.2. The quantitative estimate of drug-likeness (QED) is 0.876. The van der Waals surface area contributed by atoms with Crippen molar-refractivity contribution in [3.8, 4) is 0 Å². The summed E-state index contributed by atoms with van der Waals surface area (Å²) in [6, 6.07) is 6.49. The first kappa shape index (κ1) is 13.1. The fourth-order valence-electron chi connectivity index (χ4n) is 2.43. The minimum absolute atomic E-state index is 0.0287. The van der Waals surface area contributed by atoms with Crippen LogP contribution in [0, 0.1) is 5.82 Å². The summed E-state index contributed by atoms with van der Waals surface area (Å²) in [7, 11) is 0. The van der Waals surface area contributed by atoms with Crippen LogP contribution in [0.4, 0.5) is 4.39 Å². The van der Waals surface area contributed by atoms with Crippen LogP contribution in [0.15, 0.2) is 24.3 Å². The van der Waals surface area contributed by atoms with E-state index in [9.17, 15) is 9.18 Å². The van der Waals surface area contributed by atoms with Crippen molar-refractivity contribution in [3.63, 3.8) is 0 Å². The highest BCUT2D eigenvalue weighted by Crippen LogP contribution is 2.25. The molecule has 0 saturated heterocycles. The zero-order valence-corrected chi connectivity index (χ0v) is 11.0. The Morgan fingerprint density at radius 2 is 1.78 bits per heavy atom. The average Bonchev–Trinajstić information content (AvgIpc) is 2.82. The Bertz CT molecular complexity index is 419. The Morgan fingerprint density at radius 3 is 2.33 bits per heavy atom. The van der Waals surface area contributed by atoms with Gasteiger partial charge in [0.1, 0.15) is 5.82 Å². The minimum Gasteiger partial charge on any atom is -0.353 e. The van der Waals surface area contributed by atoms with Crippen molar-refractivity contribution < 1.29 is 9.18 Å². The van der Waals surface area contributed by atoms with Gasteiger partial charge in [-0.3, -0.25) is 4.79 Å². The summed E-state index contributed by atoms with van der Waals surface area (Å²) in [5.41, 5.74) is 0.232. The van der Waals surface area contributed by atoms with E-state index in [0.717, 1.165) is 18.4 Å². The summed E-state index contributed by atoms with van der Waals surface area (Å²) >= 11 is 0. The number of benzene rings is 1.